The lowest BCUT2D eigenvalue weighted by molar-refractivity contribution is 0.0617. The molecule has 2 N–H and O–H groups in total. The van der Waals surface area contributed by atoms with E-state index < -0.39 is 0 Å². The number of benzene rings is 1. The Bertz CT molecular complexity index is 764. The molecule has 1 aromatic heterocycles. The van der Waals surface area contributed by atoms with E-state index in [-0.39, 0.29) is 12.1 Å². The minimum Gasteiger partial charge on any atom is -0.382 e. The SMILES string of the molecule is COCCOCc1cccc(NC(=O)NC2CCN(CCc3ccncc3)CC2)c1. The summed E-state index contributed by atoms with van der Waals surface area (Å²) in [6.45, 7) is 4.67. The van der Waals surface area contributed by atoms with Crippen LogP contribution in [0.3, 0.4) is 0 Å². The van der Waals surface area contributed by atoms with Gasteiger partial charge in [-0.1, -0.05) is 12.1 Å². The summed E-state index contributed by atoms with van der Waals surface area (Å²) in [5, 5.41) is 6.05. The first-order chi connectivity index (χ1) is 14.7. The first-order valence-electron chi connectivity index (χ1n) is 10.6. The first-order valence-corrected chi connectivity index (χ1v) is 10.6. The van der Waals surface area contributed by atoms with Crippen LogP contribution in [-0.4, -0.2) is 61.9 Å². The molecule has 1 fully saturated rings. The second-order valence-electron chi connectivity index (χ2n) is 7.57. The Hall–Kier alpha value is -2.48. The molecule has 0 unspecified atom stereocenters. The number of likely N-dealkylation sites (tertiary alicyclic amines) is 1. The molecule has 2 amide bonds. The predicted octanol–water partition coefficient (Wildman–Crippen LogP) is 3.07. The van der Waals surface area contributed by atoms with E-state index in [0.29, 0.717) is 19.8 Å². The topological polar surface area (TPSA) is 75.7 Å². The summed E-state index contributed by atoms with van der Waals surface area (Å²) in [5.74, 6) is 0. The lowest BCUT2D eigenvalue weighted by Gasteiger charge is -2.32. The van der Waals surface area contributed by atoms with Gasteiger partial charge in [0.2, 0.25) is 0 Å². The van der Waals surface area contributed by atoms with E-state index in [4.69, 9.17) is 9.47 Å². The highest BCUT2D eigenvalue weighted by molar-refractivity contribution is 5.89. The van der Waals surface area contributed by atoms with Crippen LogP contribution in [0, 0.1) is 0 Å². The second-order valence-corrected chi connectivity index (χ2v) is 7.57. The van der Waals surface area contributed by atoms with Gasteiger partial charge in [0.1, 0.15) is 0 Å². The molecule has 30 heavy (non-hydrogen) atoms. The number of anilines is 1. The average Bonchev–Trinajstić information content (AvgIpc) is 2.77. The zero-order valence-corrected chi connectivity index (χ0v) is 17.7. The van der Waals surface area contributed by atoms with Crippen LogP contribution in [0.5, 0.6) is 0 Å². The summed E-state index contributed by atoms with van der Waals surface area (Å²) >= 11 is 0. The van der Waals surface area contributed by atoms with Gasteiger partial charge in [0, 0.05) is 50.9 Å². The van der Waals surface area contributed by atoms with Crippen LogP contribution in [0.25, 0.3) is 0 Å². The van der Waals surface area contributed by atoms with Gasteiger partial charge in [0.05, 0.1) is 19.8 Å². The molecule has 2 heterocycles. The number of aromatic nitrogens is 1. The Kier molecular flexibility index (Phi) is 9.08. The van der Waals surface area contributed by atoms with E-state index in [2.05, 4.69) is 32.7 Å². The Morgan fingerprint density at radius 3 is 2.70 bits per heavy atom. The molecule has 0 atom stereocenters. The van der Waals surface area contributed by atoms with Crippen molar-refractivity contribution in [2.24, 2.45) is 0 Å². The number of hydrogen-bond donors (Lipinski definition) is 2. The normalized spacial score (nSPS) is 15.1. The number of urea groups is 1. The lowest BCUT2D eigenvalue weighted by Crippen LogP contribution is -2.46. The number of methoxy groups -OCH3 is 1. The summed E-state index contributed by atoms with van der Waals surface area (Å²) in [7, 11) is 1.65. The van der Waals surface area contributed by atoms with E-state index >= 15 is 0 Å². The quantitative estimate of drug-likeness (QED) is 0.587. The van der Waals surface area contributed by atoms with Crippen molar-refractivity contribution in [2.75, 3.05) is 45.3 Å². The fourth-order valence-electron chi connectivity index (χ4n) is 3.56. The molecule has 1 saturated heterocycles. The largest absolute Gasteiger partial charge is 0.382 e. The molecule has 1 aliphatic rings. The minimum absolute atomic E-state index is 0.150. The molecule has 2 aromatic rings. The van der Waals surface area contributed by atoms with Crippen molar-refractivity contribution in [3.05, 3.63) is 59.9 Å². The number of piperidine rings is 1. The maximum absolute atomic E-state index is 12.4. The third-order valence-corrected chi connectivity index (χ3v) is 5.27. The van der Waals surface area contributed by atoms with Gasteiger partial charge < -0.3 is 25.0 Å². The van der Waals surface area contributed by atoms with Crippen molar-refractivity contribution in [1.82, 2.24) is 15.2 Å². The third kappa shape index (κ3) is 7.74. The zero-order valence-electron chi connectivity index (χ0n) is 17.7. The van der Waals surface area contributed by atoms with Gasteiger partial charge in [0.15, 0.2) is 0 Å². The second kappa shape index (κ2) is 12.3. The average molecular weight is 413 g/mol. The van der Waals surface area contributed by atoms with Crippen LogP contribution < -0.4 is 10.6 Å². The van der Waals surface area contributed by atoms with Crippen molar-refractivity contribution >= 4 is 11.7 Å². The maximum Gasteiger partial charge on any atom is 0.319 e. The monoisotopic (exact) mass is 412 g/mol. The van der Waals surface area contributed by atoms with Gasteiger partial charge in [-0.15, -0.1) is 0 Å². The Labute approximate surface area is 178 Å². The minimum atomic E-state index is -0.150. The number of pyridine rings is 1. The fourth-order valence-corrected chi connectivity index (χ4v) is 3.56. The van der Waals surface area contributed by atoms with Crippen LogP contribution in [0.1, 0.15) is 24.0 Å². The summed E-state index contributed by atoms with van der Waals surface area (Å²) in [6.07, 6.45) is 6.66. The molecular weight excluding hydrogens is 380 g/mol. The molecule has 1 aliphatic heterocycles. The third-order valence-electron chi connectivity index (χ3n) is 5.27. The zero-order chi connectivity index (χ0) is 21.0. The molecule has 162 valence electrons. The van der Waals surface area contributed by atoms with Gasteiger partial charge in [-0.25, -0.2) is 4.79 Å². The molecule has 0 saturated carbocycles. The fraction of sp³-hybridized carbons (Fsp3) is 0.478. The Balaban J connectivity index is 1.35. The molecule has 0 radical (unpaired) electrons. The van der Waals surface area contributed by atoms with Gasteiger partial charge in [0.25, 0.3) is 0 Å². The molecule has 3 rings (SSSR count). The molecule has 1 aromatic carbocycles. The van der Waals surface area contributed by atoms with E-state index in [9.17, 15) is 4.79 Å². The first kappa shape index (κ1) is 22.2. The molecule has 0 spiro atoms. The molecule has 7 nitrogen and oxygen atoms in total. The predicted molar refractivity (Wildman–Crippen MR) is 118 cm³/mol. The number of carbonyl (C=O) groups excluding carboxylic acids is 1. The van der Waals surface area contributed by atoms with E-state index in [1.54, 1.807) is 7.11 Å². The number of rotatable bonds is 10. The summed E-state index contributed by atoms with van der Waals surface area (Å²) < 4.78 is 10.5. The van der Waals surface area contributed by atoms with Crippen LogP contribution in [0.4, 0.5) is 10.5 Å². The number of amides is 2. The summed E-state index contributed by atoms with van der Waals surface area (Å²) in [6, 6.07) is 11.9. The highest BCUT2D eigenvalue weighted by atomic mass is 16.5. The molecule has 7 heteroatoms. The van der Waals surface area contributed by atoms with Crippen molar-refractivity contribution in [1.29, 1.82) is 0 Å². The van der Waals surface area contributed by atoms with Crippen molar-refractivity contribution in [3.8, 4) is 0 Å². The highest BCUT2D eigenvalue weighted by Crippen LogP contribution is 2.14. The van der Waals surface area contributed by atoms with Crippen molar-refractivity contribution in [2.45, 2.75) is 31.9 Å². The molecule has 0 bridgehead atoms. The number of ether oxygens (including phenoxy) is 2. The van der Waals surface area contributed by atoms with Crippen LogP contribution >= 0.6 is 0 Å². The standard InChI is InChI=1S/C23H32N4O3/c1-29-15-16-30-18-20-3-2-4-22(17-20)26-23(28)25-21-8-13-27(14-9-21)12-7-19-5-10-24-11-6-19/h2-6,10-11,17,21H,7-9,12-16,18H2,1H3,(H2,25,26,28). The van der Waals surface area contributed by atoms with Gasteiger partial charge in [-0.3, -0.25) is 4.98 Å². The van der Waals surface area contributed by atoms with Crippen LogP contribution in [0.2, 0.25) is 0 Å². The lowest BCUT2D eigenvalue weighted by atomic mass is 10.0. The van der Waals surface area contributed by atoms with E-state index in [1.807, 2.05) is 36.7 Å². The van der Waals surface area contributed by atoms with Crippen LogP contribution in [0.15, 0.2) is 48.8 Å². The van der Waals surface area contributed by atoms with Gasteiger partial charge in [-0.05, 0) is 54.7 Å². The summed E-state index contributed by atoms with van der Waals surface area (Å²) in [4.78, 5) is 18.9. The van der Waals surface area contributed by atoms with Crippen LogP contribution in [-0.2, 0) is 22.5 Å². The van der Waals surface area contributed by atoms with Crippen molar-refractivity contribution in [3.63, 3.8) is 0 Å². The Morgan fingerprint density at radius 1 is 1.13 bits per heavy atom. The highest BCUT2D eigenvalue weighted by Gasteiger charge is 2.20. The number of carbonyl (C=O) groups is 1. The maximum atomic E-state index is 12.4. The van der Waals surface area contributed by atoms with Crippen molar-refractivity contribution < 1.29 is 14.3 Å². The number of nitrogens with one attached hydrogen (secondary N) is 2. The number of nitrogens with zero attached hydrogens (tertiary/aromatic N) is 2. The summed E-state index contributed by atoms with van der Waals surface area (Å²) in [5.41, 5.74) is 3.11. The smallest absolute Gasteiger partial charge is 0.319 e. The number of hydrogen-bond acceptors (Lipinski definition) is 5. The molecule has 0 aliphatic carbocycles. The Morgan fingerprint density at radius 2 is 1.93 bits per heavy atom. The van der Waals surface area contributed by atoms with E-state index in [1.165, 1.54) is 5.56 Å². The van der Waals surface area contributed by atoms with E-state index in [0.717, 1.165) is 50.1 Å². The van der Waals surface area contributed by atoms with Gasteiger partial charge in [-0.2, -0.15) is 0 Å². The van der Waals surface area contributed by atoms with Gasteiger partial charge >= 0.3 is 6.03 Å². The molecular formula is C23H32N4O3.